The Morgan fingerprint density at radius 1 is 1.44 bits per heavy atom. The Kier molecular flexibility index (Phi) is 6.22. The highest BCUT2D eigenvalue weighted by molar-refractivity contribution is 5.85. The molecule has 1 unspecified atom stereocenters. The van der Waals surface area contributed by atoms with Gasteiger partial charge in [-0.2, -0.15) is 0 Å². The van der Waals surface area contributed by atoms with E-state index in [1.807, 2.05) is 12.1 Å². The van der Waals surface area contributed by atoms with Crippen LogP contribution in [0, 0.1) is 5.92 Å². The maximum Gasteiger partial charge on any atom is 0.124 e. The number of methoxy groups -OCH3 is 1. The third kappa shape index (κ3) is 3.29. The summed E-state index contributed by atoms with van der Waals surface area (Å²) in [6, 6.07) is 5.11. The highest BCUT2D eigenvalue weighted by Crippen LogP contribution is 2.31. The minimum atomic E-state index is -0.124. The lowest BCUT2D eigenvalue weighted by Crippen LogP contribution is -2.18. The summed E-state index contributed by atoms with van der Waals surface area (Å²) in [6.45, 7) is 4.17. The molecule has 0 aliphatic heterocycles. The first kappa shape index (κ1) is 15.1. The maximum absolute atomic E-state index is 9.78. The van der Waals surface area contributed by atoms with Crippen molar-refractivity contribution < 1.29 is 9.84 Å². The van der Waals surface area contributed by atoms with Gasteiger partial charge in [0.2, 0.25) is 0 Å². The minimum Gasteiger partial charge on any atom is -0.507 e. The van der Waals surface area contributed by atoms with Crippen LogP contribution in [-0.2, 0) is 0 Å². The zero-order chi connectivity index (χ0) is 11.4. The molecule has 0 saturated heterocycles. The van der Waals surface area contributed by atoms with Crippen LogP contribution in [0.1, 0.15) is 31.9 Å². The van der Waals surface area contributed by atoms with Gasteiger partial charge < -0.3 is 15.6 Å². The summed E-state index contributed by atoms with van der Waals surface area (Å²) in [7, 11) is 1.57. The Bertz CT molecular complexity index is 331. The molecular formula is C12H20ClNO2. The molecular weight excluding hydrogens is 226 g/mol. The van der Waals surface area contributed by atoms with Crippen LogP contribution in [0.2, 0.25) is 0 Å². The molecule has 1 aromatic carbocycles. The van der Waals surface area contributed by atoms with Crippen molar-refractivity contribution in [1.82, 2.24) is 0 Å². The first-order chi connectivity index (χ1) is 7.10. The van der Waals surface area contributed by atoms with Gasteiger partial charge in [0.1, 0.15) is 11.5 Å². The number of rotatable bonds is 4. The van der Waals surface area contributed by atoms with E-state index in [0.717, 1.165) is 12.0 Å². The minimum absolute atomic E-state index is 0. The second-order valence-electron chi connectivity index (χ2n) is 3.84. The lowest BCUT2D eigenvalue weighted by molar-refractivity contribution is 0.397. The maximum atomic E-state index is 9.78. The van der Waals surface area contributed by atoms with E-state index in [2.05, 4.69) is 13.8 Å². The van der Waals surface area contributed by atoms with E-state index in [-0.39, 0.29) is 24.2 Å². The summed E-state index contributed by atoms with van der Waals surface area (Å²) >= 11 is 0. The lowest BCUT2D eigenvalue weighted by atomic mass is 9.93. The molecule has 0 amide bonds. The number of halogens is 1. The SMILES string of the molecule is CCC(C)[C@@H](N)c1ccc(OC)cc1O.Cl. The number of benzene rings is 1. The molecule has 3 nitrogen and oxygen atoms in total. The first-order valence-corrected chi connectivity index (χ1v) is 5.22. The first-order valence-electron chi connectivity index (χ1n) is 5.22. The summed E-state index contributed by atoms with van der Waals surface area (Å²) in [5, 5.41) is 9.78. The molecule has 92 valence electrons. The predicted molar refractivity (Wildman–Crippen MR) is 68.3 cm³/mol. The molecule has 16 heavy (non-hydrogen) atoms. The monoisotopic (exact) mass is 245 g/mol. The van der Waals surface area contributed by atoms with Gasteiger partial charge in [0.25, 0.3) is 0 Å². The van der Waals surface area contributed by atoms with Crippen LogP contribution in [0.15, 0.2) is 18.2 Å². The van der Waals surface area contributed by atoms with Gasteiger partial charge in [0, 0.05) is 17.7 Å². The highest BCUT2D eigenvalue weighted by Gasteiger charge is 2.16. The molecule has 0 aliphatic carbocycles. The number of nitrogens with two attached hydrogens (primary N) is 1. The number of aromatic hydroxyl groups is 1. The van der Waals surface area contributed by atoms with Gasteiger partial charge in [-0.25, -0.2) is 0 Å². The second-order valence-corrected chi connectivity index (χ2v) is 3.84. The molecule has 4 heteroatoms. The number of phenols is 1. The van der Waals surface area contributed by atoms with Crippen molar-refractivity contribution in [3.8, 4) is 11.5 Å². The van der Waals surface area contributed by atoms with E-state index >= 15 is 0 Å². The highest BCUT2D eigenvalue weighted by atomic mass is 35.5. The third-order valence-corrected chi connectivity index (χ3v) is 2.85. The molecule has 1 aromatic rings. The normalized spacial score (nSPS) is 13.8. The molecule has 0 aliphatic rings. The van der Waals surface area contributed by atoms with Gasteiger partial charge in [-0.3, -0.25) is 0 Å². The molecule has 0 fully saturated rings. The van der Waals surface area contributed by atoms with Crippen molar-refractivity contribution in [2.24, 2.45) is 11.7 Å². The van der Waals surface area contributed by atoms with Gasteiger partial charge in [0.05, 0.1) is 7.11 Å². The molecule has 1 rings (SSSR count). The summed E-state index contributed by atoms with van der Waals surface area (Å²) in [5.74, 6) is 1.21. The van der Waals surface area contributed by atoms with E-state index in [4.69, 9.17) is 10.5 Å². The average Bonchev–Trinajstić information content (AvgIpc) is 2.26. The Morgan fingerprint density at radius 2 is 2.06 bits per heavy atom. The standard InChI is InChI=1S/C12H19NO2.ClH/c1-4-8(2)12(13)10-6-5-9(15-3)7-11(10)14;/h5-8,12,14H,4,13H2,1-3H3;1H/t8?,12-;/m1./s1. The van der Waals surface area contributed by atoms with Crippen molar-refractivity contribution in [3.63, 3.8) is 0 Å². The molecule has 0 heterocycles. The fraction of sp³-hybridized carbons (Fsp3) is 0.500. The Balaban J connectivity index is 0.00000225. The van der Waals surface area contributed by atoms with Crippen LogP contribution in [-0.4, -0.2) is 12.2 Å². The summed E-state index contributed by atoms with van der Waals surface area (Å²) in [5.41, 5.74) is 6.82. The van der Waals surface area contributed by atoms with Crippen molar-refractivity contribution in [3.05, 3.63) is 23.8 Å². The van der Waals surface area contributed by atoms with Crippen LogP contribution < -0.4 is 10.5 Å². The molecule has 0 bridgehead atoms. The van der Waals surface area contributed by atoms with Gasteiger partial charge in [0.15, 0.2) is 0 Å². The number of ether oxygens (including phenoxy) is 1. The smallest absolute Gasteiger partial charge is 0.124 e. The Hall–Kier alpha value is -0.930. The van der Waals surface area contributed by atoms with Crippen molar-refractivity contribution in [2.75, 3.05) is 7.11 Å². The van der Waals surface area contributed by atoms with Gasteiger partial charge >= 0.3 is 0 Å². The zero-order valence-electron chi connectivity index (χ0n) is 9.93. The van der Waals surface area contributed by atoms with E-state index < -0.39 is 0 Å². The van der Waals surface area contributed by atoms with Crippen LogP contribution >= 0.6 is 12.4 Å². The zero-order valence-corrected chi connectivity index (χ0v) is 10.8. The van der Waals surface area contributed by atoms with Crippen LogP contribution in [0.5, 0.6) is 11.5 Å². The molecule has 0 aromatic heterocycles. The van der Waals surface area contributed by atoms with E-state index in [9.17, 15) is 5.11 Å². The Labute approximate surface area is 103 Å². The third-order valence-electron chi connectivity index (χ3n) is 2.85. The van der Waals surface area contributed by atoms with Crippen LogP contribution in [0.25, 0.3) is 0 Å². The van der Waals surface area contributed by atoms with Gasteiger partial charge in [-0.05, 0) is 12.0 Å². The number of hydrogen-bond donors (Lipinski definition) is 2. The summed E-state index contributed by atoms with van der Waals surface area (Å²) < 4.78 is 5.02. The lowest BCUT2D eigenvalue weighted by Gasteiger charge is -2.19. The largest absolute Gasteiger partial charge is 0.507 e. The Morgan fingerprint density at radius 3 is 2.50 bits per heavy atom. The molecule has 3 N–H and O–H groups in total. The number of phenolic OH excluding ortho intramolecular Hbond substituents is 1. The van der Waals surface area contributed by atoms with Crippen molar-refractivity contribution in [1.29, 1.82) is 0 Å². The summed E-state index contributed by atoms with van der Waals surface area (Å²) in [4.78, 5) is 0. The van der Waals surface area contributed by atoms with Gasteiger partial charge in [-0.1, -0.05) is 26.3 Å². The molecule has 0 saturated carbocycles. The second kappa shape index (κ2) is 6.61. The molecule has 2 atom stereocenters. The van der Waals surface area contributed by atoms with Crippen LogP contribution in [0.3, 0.4) is 0 Å². The summed E-state index contributed by atoms with van der Waals surface area (Å²) in [6.07, 6.45) is 0.993. The quantitative estimate of drug-likeness (QED) is 0.858. The predicted octanol–water partition coefficient (Wildman–Crippen LogP) is 2.87. The van der Waals surface area contributed by atoms with Gasteiger partial charge in [-0.15, -0.1) is 12.4 Å². The molecule has 0 radical (unpaired) electrons. The van der Waals surface area contributed by atoms with E-state index in [0.29, 0.717) is 11.7 Å². The topological polar surface area (TPSA) is 55.5 Å². The van der Waals surface area contributed by atoms with E-state index in [1.54, 1.807) is 13.2 Å². The average molecular weight is 246 g/mol. The van der Waals surface area contributed by atoms with Crippen LogP contribution in [0.4, 0.5) is 0 Å². The van der Waals surface area contributed by atoms with Crippen molar-refractivity contribution >= 4 is 12.4 Å². The fourth-order valence-electron chi connectivity index (χ4n) is 1.49. The number of hydrogen-bond acceptors (Lipinski definition) is 3. The molecule has 0 spiro atoms. The fourth-order valence-corrected chi connectivity index (χ4v) is 1.49. The van der Waals surface area contributed by atoms with E-state index in [1.165, 1.54) is 0 Å². The van der Waals surface area contributed by atoms with Crippen molar-refractivity contribution in [2.45, 2.75) is 26.3 Å².